The van der Waals surface area contributed by atoms with Crippen LogP contribution in [0.3, 0.4) is 0 Å². The van der Waals surface area contributed by atoms with Crippen LogP contribution in [0.15, 0.2) is 48.7 Å². The van der Waals surface area contributed by atoms with Gasteiger partial charge < -0.3 is 10.0 Å². The largest absolute Gasteiger partial charge is 0.481 e. The topological polar surface area (TPSA) is 53.4 Å². The fraction of sp³-hybridized carbons (Fsp3) is 0.143. The molecule has 0 aliphatic rings. The van der Waals surface area contributed by atoms with E-state index >= 15 is 0 Å². The van der Waals surface area contributed by atoms with E-state index in [1.165, 1.54) is 0 Å². The molecule has 0 spiro atoms. The Morgan fingerprint density at radius 3 is 2.50 bits per heavy atom. The molecule has 2 aromatic rings. The molecule has 1 aromatic heterocycles. The van der Waals surface area contributed by atoms with Gasteiger partial charge >= 0.3 is 5.97 Å². The minimum Gasteiger partial charge on any atom is -0.481 e. The van der Waals surface area contributed by atoms with Crippen molar-refractivity contribution in [1.29, 1.82) is 0 Å². The van der Waals surface area contributed by atoms with Gasteiger partial charge in [-0.3, -0.25) is 4.79 Å². The maximum absolute atomic E-state index is 10.6. The van der Waals surface area contributed by atoms with Gasteiger partial charge in [0.25, 0.3) is 0 Å². The number of hydrogen-bond acceptors (Lipinski definition) is 3. The van der Waals surface area contributed by atoms with Gasteiger partial charge in [0.15, 0.2) is 0 Å². The van der Waals surface area contributed by atoms with Crippen molar-refractivity contribution >= 4 is 17.5 Å². The Balaban J connectivity index is 2.17. The van der Waals surface area contributed by atoms with Crippen molar-refractivity contribution in [2.75, 3.05) is 11.9 Å². The summed E-state index contributed by atoms with van der Waals surface area (Å²) in [5.74, 6) is 0.0318. The molecule has 0 bridgehead atoms. The number of hydrogen-bond donors (Lipinski definition) is 1. The van der Waals surface area contributed by atoms with Crippen molar-refractivity contribution in [3.8, 4) is 0 Å². The van der Waals surface area contributed by atoms with Gasteiger partial charge in [-0.05, 0) is 29.8 Å². The maximum Gasteiger partial charge on any atom is 0.307 e. The number of carboxylic acids is 1. The lowest BCUT2D eigenvalue weighted by molar-refractivity contribution is -0.136. The van der Waals surface area contributed by atoms with Gasteiger partial charge in [0.1, 0.15) is 5.82 Å². The third-order valence-corrected chi connectivity index (χ3v) is 2.67. The summed E-state index contributed by atoms with van der Waals surface area (Å²) >= 11 is 0. The molecule has 0 atom stereocenters. The van der Waals surface area contributed by atoms with E-state index in [-0.39, 0.29) is 6.42 Å². The molecule has 2 rings (SSSR count). The van der Waals surface area contributed by atoms with Gasteiger partial charge in [0.2, 0.25) is 0 Å². The molecule has 1 heterocycles. The highest BCUT2D eigenvalue weighted by atomic mass is 16.4. The standard InChI is InChI=1S/C14H14N2O2/c1-16(13-4-2-3-9-15-13)12-7-5-11(6-8-12)10-14(17)18/h2-9H,10H2,1H3,(H,17,18). The Labute approximate surface area is 106 Å². The maximum atomic E-state index is 10.6. The van der Waals surface area contributed by atoms with Crippen LogP contribution in [0.1, 0.15) is 5.56 Å². The number of aromatic nitrogens is 1. The van der Waals surface area contributed by atoms with Crippen LogP contribution in [-0.2, 0) is 11.2 Å². The van der Waals surface area contributed by atoms with Gasteiger partial charge in [0, 0.05) is 18.9 Å². The van der Waals surface area contributed by atoms with Crippen molar-refractivity contribution in [3.05, 3.63) is 54.2 Å². The number of rotatable bonds is 4. The predicted octanol–water partition coefficient (Wildman–Crippen LogP) is 2.48. The Hall–Kier alpha value is -2.36. The van der Waals surface area contributed by atoms with E-state index in [0.29, 0.717) is 0 Å². The molecule has 0 aliphatic carbocycles. The van der Waals surface area contributed by atoms with Crippen molar-refractivity contribution in [2.45, 2.75) is 6.42 Å². The van der Waals surface area contributed by atoms with Crippen molar-refractivity contribution < 1.29 is 9.90 Å². The predicted molar refractivity (Wildman–Crippen MR) is 70.1 cm³/mol. The van der Waals surface area contributed by atoms with Gasteiger partial charge in [-0.25, -0.2) is 4.98 Å². The summed E-state index contributed by atoms with van der Waals surface area (Å²) in [7, 11) is 1.93. The highest BCUT2D eigenvalue weighted by Crippen LogP contribution is 2.21. The first-order valence-corrected chi connectivity index (χ1v) is 5.62. The third kappa shape index (κ3) is 2.85. The van der Waals surface area contributed by atoms with E-state index < -0.39 is 5.97 Å². The number of benzene rings is 1. The minimum absolute atomic E-state index is 0.0492. The first-order valence-electron chi connectivity index (χ1n) is 5.62. The van der Waals surface area contributed by atoms with E-state index in [1.54, 1.807) is 6.20 Å². The number of pyridine rings is 1. The molecule has 0 saturated heterocycles. The second kappa shape index (κ2) is 5.31. The smallest absolute Gasteiger partial charge is 0.307 e. The fourth-order valence-corrected chi connectivity index (χ4v) is 1.70. The average molecular weight is 242 g/mol. The Kier molecular flexibility index (Phi) is 3.57. The summed E-state index contributed by atoms with van der Waals surface area (Å²) in [5.41, 5.74) is 1.77. The lowest BCUT2D eigenvalue weighted by atomic mass is 10.1. The Morgan fingerprint density at radius 2 is 1.94 bits per heavy atom. The molecular weight excluding hydrogens is 228 g/mol. The molecule has 0 unspecified atom stereocenters. The van der Waals surface area contributed by atoms with Crippen molar-refractivity contribution in [1.82, 2.24) is 4.98 Å². The highest BCUT2D eigenvalue weighted by Gasteiger charge is 2.05. The summed E-state index contributed by atoms with van der Waals surface area (Å²) in [6, 6.07) is 13.2. The molecule has 0 amide bonds. The summed E-state index contributed by atoms with van der Waals surface area (Å²) in [6.45, 7) is 0. The zero-order valence-corrected chi connectivity index (χ0v) is 10.1. The van der Waals surface area contributed by atoms with E-state index in [2.05, 4.69) is 4.98 Å². The number of carboxylic acid groups (broad SMARTS) is 1. The van der Waals surface area contributed by atoms with Crippen LogP contribution >= 0.6 is 0 Å². The quantitative estimate of drug-likeness (QED) is 0.894. The molecule has 4 nitrogen and oxygen atoms in total. The third-order valence-electron chi connectivity index (χ3n) is 2.67. The second-order valence-corrected chi connectivity index (χ2v) is 3.98. The number of carbonyl (C=O) groups is 1. The van der Waals surface area contributed by atoms with Crippen LogP contribution in [0, 0.1) is 0 Å². The van der Waals surface area contributed by atoms with E-state index in [0.717, 1.165) is 17.1 Å². The Morgan fingerprint density at radius 1 is 1.22 bits per heavy atom. The van der Waals surface area contributed by atoms with Crippen LogP contribution in [-0.4, -0.2) is 23.1 Å². The van der Waals surface area contributed by atoms with Gasteiger partial charge in [-0.15, -0.1) is 0 Å². The molecule has 1 N–H and O–H groups in total. The van der Waals surface area contributed by atoms with E-state index in [4.69, 9.17) is 5.11 Å². The molecule has 1 aromatic carbocycles. The van der Waals surface area contributed by atoms with Gasteiger partial charge in [-0.2, -0.15) is 0 Å². The summed E-state index contributed by atoms with van der Waals surface area (Å²) in [5, 5.41) is 8.70. The average Bonchev–Trinajstić information content (AvgIpc) is 2.39. The second-order valence-electron chi connectivity index (χ2n) is 3.98. The lowest BCUT2D eigenvalue weighted by Crippen LogP contribution is -2.10. The number of nitrogens with zero attached hydrogens (tertiary/aromatic N) is 2. The molecule has 4 heteroatoms. The first-order chi connectivity index (χ1) is 8.66. The Bertz CT molecular complexity index is 523. The minimum atomic E-state index is -0.819. The fourth-order valence-electron chi connectivity index (χ4n) is 1.70. The first kappa shape index (κ1) is 12.1. The van der Waals surface area contributed by atoms with Crippen LogP contribution < -0.4 is 4.90 Å². The zero-order chi connectivity index (χ0) is 13.0. The normalized spacial score (nSPS) is 10.1. The molecule has 18 heavy (non-hydrogen) atoms. The van der Waals surface area contributed by atoms with Crippen molar-refractivity contribution in [2.24, 2.45) is 0 Å². The van der Waals surface area contributed by atoms with Crippen LogP contribution in [0.5, 0.6) is 0 Å². The summed E-state index contributed by atoms with van der Waals surface area (Å²) in [6.07, 6.45) is 1.79. The van der Waals surface area contributed by atoms with Crippen molar-refractivity contribution in [3.63, 3.8) is 0 Å². The van der Waals surface area contributed by atoms with Crippen LogP contribution in [0.2, 0.25) is 0 Å². The highest BCUT2D eigenvalue weighted by molar-refractivity contribution is 5.70. The molecule has 0 aliphatic heterocycles. The molecule has 0 fully saturated rings. The number of aliphatic carboxylic acids is 1. The van der Waals surface area contributed by atoms with Crippen LogP contribution in [0.25, 0.3) is 0 Å². The van der Waals surface area contributed by atoms with E-state index in [9.17, 15) is 4.79 Å². The van der Waals surface area contributed by atoms with E-state index in [1.807, 2.05) is 54.4 Å². The van der Waals surface area contributed by atoms with Gasteiger partial charge in [0.05, 0.1) is 6.42 Å². The molecular formula is C14H14N2O2. The van der Waals surface area contributed by atoms with Crippen LogP contribution in [0.4, 0.5) is 11.5 Å². The monoisotopic (exact) mass is 242 g/mol. The summed E-state index contributed by atoms with van der Waals surface area (Å²) in [4.78, 5) is 16.8. The molecule has 0 saturated carbocycles. The number of anilines is 2. The molecule has 92 valence electrons. The lowest BCUT2D eigenvalue weighted by Gasteiger charge is -2.18. The summed E-state index contributed by atoms with van der Waals surface area (Å²) < 4.78 is 0. The molecule has 0 radical (unpaired) electrons. The zero-order valence-electron chi connectivity index (χ0n) is 10.1. The van der Waals surface area contributed by atoms with Gasteiger partial charge in [-0.1, -0.05) is 18.2 Å². The SMILES string of the molecule is CN(c1ccc(CC(=O)O)cc1)c1ccccn1.